The number of hydrogen-bond donors (Lipinski definition) is 0. The van der Waals surface area contributed by atoms with Gasteiger partial charge in [-0.15, -0.1) is 0 Å². The van der Waals surface area contributed by atoms with Gasteiger partial charge in [0.1, 0.15) is 0 Å². The number of benzene rings is 1. The lowest BCUT2D eigenvalue weighted by molar-refractivity contribution is 0.312. The molecule has 1 aromatic heterocycles. The molecule has 0 radical (unpaired) electrons. The van der Waals surface area contributed by atoms with Crippen molar-refractivity contribution in [2.24, 2.45) is 0 Å². The molecule has 1 atom stereocenters. The summed E-state index contributed by atoms with van der Waals surface area (Å²) in [5.74, 6) is 0.782. The number of rotatable bonds is 3. The van der Waals surface area contributed by atoms with Crippen molar-refractivity contribution < 1.29 is 0 Å². The molecule has 110 valence electrons. The molecule has 1 aliphatic heterocycles. The largest absolute Gasteiger partial charge is 0.347 e. The molecule has 21 heavy (non-hydrogen) atoms. The molecule has 0 spiro atoms. The Morgan fingerprint density at radius 1 is 1.19 bits per heavy atom. The Kier molecular flexibility index (Phi) is 3.88. The normalized spacial score (nSPS) is 18.9. The molecule has 2 aromatic rings. The predicted octanol–water partition coefficient (Wildman–Crippen LogP) is 2.98. The summed E-state index contributed by atoms with van der Waals surface area (Å²) < 4.78 is 0. The van der Waals surface area contributed by atoms with Crippen LogP contribution < -0.4 is 4.90 Å². The van der Waals surface area contributed by atoms with Crippen LogP contribution in [0.5, 0.6) is 0 Å². The fourth-order valence-electron chi connectivity index (χ4n) is 2.95. The van der Waals surface area contributed by atoms with Gasteiger partial charge in [0.25, 0.3) is 0 Å². The number of hydrogen-bond acceptors (Lipinski definition) is 4. The minimum absolute atomic E-state index is 0.391. The fraction of sp³-hybridized carbons (Fsp3) is 0.412. The summed E-state index contributed by atoms with van der Waals surface area (Å²) in [7, 11) is 6.16. The Morgan fingerprint density at radius 2 is 1.95 bits per heavy atom. The second-order valence-corrected chi connectivity index (χ2v) is 5.87. The van der Waals surface area contributed by atoms with E-state index in [0.29, 0.717) is 6.04 Å². The average Bonchev–Trinajstić information content (AvgIpc) is 2.93. The van der Waals surface area contributed by atoms with Gasteiger partial charge < -0.3 is 4.90 Å². The maximum absolute atomic E-state index is 4.85. The van der Waals surface area contributed by atoms with Crippen LogP contribution in [0.2, 0.25) is 0 Å². The van der Waals surface area contributed by atoms with E-state index >= 15 is 0 Å². The second kappa shape index (κ2) is 5.82. The van der Waals surface area contributed by atoms with E-state index in [9.17, 15) is 0 Å². The Bertz CT molecular complexity index is 609. The van der Waals surface area contributed by atoms with E-state index < -0.39 is 0 Å². The van der Waals surface area contributed by atoms with Gasteiger partial charge in [0.05, 0.1) is 11.7 Å². The molecule has 3 rings (SSSR count). The van der Waals surface area contributed by atoms with Crippen LogP contribution in [-0.2, 0) is 0 Å². The summed E-state index contributed by atoms with van der Waals surface area (Å²) in [6.45, 7) is 1.14. The molecule has 4 nitrogen and oxygen atoms in total. The number of likely N-dealkylation sites (tertiary alicyclic amines) is 1. The van der Waals surface area contributed by atoms with Gasteiger partial charge in [-0.1, -0.05) is 30.3 Å². The third kappa shape index (κ3) is 2.76. The minimum atomic E-state index is 0.391. The predicted molar refractivity (Wildman–Crippen MR) is 86.4 cm³/mol. The van der Waals surface area contributed by atoms with Crippen molar-refractivity contribution in [3.8, 4) is 11.1 Å². The standard InChI is InChI=1S/C17H22N4/c1-20(2)17-18-12-14(13-8-5-4-6-9-13)16(19-17)15-10-7-11-21(15)3/h4-6,8-9,12,15H,7,10-11H2,1-3H3/t15-/m1/s1. The lowest BCUT2D eigenvalue weighted by Gasteiger charge is -2.23. The molecule has 2 heterocycles. The number of anilines is 1. The summed E-state index contributed by atoms with van der Waals surface area (Å²) in [5, 5.41) is 0. The molecule has 0 bridgehead atoms. The zero-order chi connectivity index (χ0) is 14.8. The van der Waals surface area contributed by atoms with Gasteiger partial charge in [-0.05, 0) is 32.0 Å². The van der Waals surface area contributed by atoms with Gasteiger partial charge in [0.2, 0.25) is 5.95 Å². The maximum atomic E-state index is 4.85. The fourth-order valence-corrected chi connectivity index (χ4v) is 2.95. The first-order chi connectivity index (χ1) is 10.2. The van der Waals surface area contributed by atoms with E-state index in [4.69, 9.17) is 4.98 Å². The van der Waals surface area contributed by atoms with Crippen molar-refractivity contribution in [2.45, 2.75) is 18.9 Å². The van der Waals surface area contributed by atoms with Gasteiger partial charge >= 0.3 is 0 Å². The highest BCUT2D eigenvalue weighted by Crippen LogP contribution is 2.35. The molecular weight excluding hydrogens is 260 g/mol. The molecule has 0 aliphatic carbocycles. The minimum Gasteiger partial charge on any atom is -0.347 e. The van der Waals surface area contributed by atoms with Crippen molar-refractivity contribution in [1.29, 1.82) is 0 Å². The molecule has 1 saturated heterocycles. The molecule has 0 unspecified atom stereocenters. The molecule has 0 N–H and O–H groups in total. The van der Waals surface area contributed by atoms with Crippen LogP contribution >= 0.6 is 0 Å². The number of aromatic nitrogens is 2. The van der Waals surface area contributed by atoms with Gasteiger partial charge in [0, 0.05) is 25.9 Å². The van der Waals surface area contributed by atoms with Crippen molar-refractivity contribution in [3.63, 3.8) is 0 Å². The Labute approximate surface area is 126 Å². The smallest absolute Gasteiger partial charge is 0.225 e. The van der Waals surface area contributed by atoms with E-state index in [2.05, 4.69) is 41.2 Å². The van der Waals surface area contributed by atoms with E-state index in [1.165, 1.54) is 18.4 Å². The second-order valence-electron chi connectivity index (χ2n) is 5.87. The van der Waals surface area contributed by atoms with Crippen molar-refractivity contribution in [2.75, 3.05) is 32.6 Å². The summed E-state index contributed by atoms with van der Waals surface area (Å²) in [6, 6.07) is 10.8. The van der Waals surface area contributed by atoms with Gasteiger partial charge in [0.15, 0.2) is 0 Å². The van der Waals surface area contributed by atoms with Crippen LogP contribution in [0.25, 0.3) is 11.1 Å². The summed E-state index contributed by atoms with van der Waals surface area (Å²) in [5.41, 5.74) is 3.50. The molecule has 0 amide bonds. The first-order valence-corrected chi connectivity index (χ1v) is 7.46. The lowest BCUT2D eigenvalue weighted by atomic mass is 10.00. The highest BCUT2D eigenvalue weighted by Gasteiger charge is 2.27. The zero-order valence-electron chi connectivity index (χ0n) is 13.0. The van der Waals surface area contributed by atoms with Crippen molar-refractivity contribution >= 4 is 5.95 Å². The third-order valence-corrected chi connectivity index (χ3v) is 4.13. The monoisotopic (exact) mass is 282 g/mol. The van der Waals surface area contributed by atoms with Gasteiger partial charge in [-0.2, -0.15) is 0 Å². The first kappa shape index (κ1) is 14.0. The summed E-state index contributed by atoms with van der Waals surface area (Å²) in [6.07, 6.45) is 4.37. The Balaban J connectivity index is 2.11. The molecular formula is C17H22N4. The third-order valence-electron chi connectivity index (χ3n) is 4.13. The molecule has 1 fully saturated rings. The summed E-state index contributed by atoms with van der Waals surface area (Å²) >= 11 is 0. The Hall–Kier alpha value is -1.94. The molecule has 1 aromatic carbocycles. The van der Waals surface area contributed by atoms with E-state index in [1.54, 1.807) is 0 Å². The zero-order valence-corrected chi connectivity index (χ0v) is 13.0. The van der Waals surface area contributed by atoms with Crippen LogP contribution in [-0.4, -0.2) is 42.6 Å². The van der Waals surface area contributed by atoms with Crippen LogP contribution in [0.4, 0.5) is 5.95 Å². The SMILES string of the molecule is CN(C)c1ncc(-c2ccccc2)c([C@H]2CCCN2C)n1. The van der Waals surface area contributed by atoms with Crippen LogP contribution in [0, 0.1) is 0 Å². The number of nitrogens with zero attached hydrogens (tertiary/aromatic N) is 4. The summed E-state index contributed by atoms with van der Waals surface area (Å²) in [4.78, 5) is 13.7. The van der Waals surface area contributed by atoms with Crippen LogP contribution in [0.3, 0.4) is 0 Å². The van der Waals surface area contributed by atoms with Crippen molar-refractivity contribution in [1.82, 2.24) is 14.9 Å². The lowest BCUT2D eigenvalue weighted by Crippen LogP contribution is -2.21. The topological polar surface area (TPSA) is 32.3 Å². The van der Waals surface area contributed by atoms with Crippen LogP contribution in [0.1, 0.15) is 24.6 Å². The van der Waals surface area contributed by atoms with Crippen LogP contribution in [0.15, 0.2) is 36.5 Å². The van der Waals surface area contributed by atoms with E-state index in [0.717, 1.165) is 23.8 Å². The van der Waals surface area contributed by atoms with Crippen molar-refractivity contribution in [3.05, 3.63) is 42.2 Å². The average molecular weight is 282 g/mol. The van der Waals surface area contributed by atoms with Gasteiger partial charge in [-0.3, -0.25) is 4.90 Å². The van der Waals surface area contributed by atoms with E-state index in [1.807, 2.05) is 31.3 Å². The Morgan fingerprint density at radius 3 is 2.57 bits per heavy atom. The molecule has 4 heteroatoms. The first-order valence-electron chi connectivity index (χ1n) is 7.46. The molecule has 0 saturated carbocycles. The van der Waals surface area contributed by atoms with E-state index in [-0.39, 0.29) is 0 Å². The molecule has 1 aliphatic rings. The highest BCUT2D eigenvalue weighted by atomic mass is 15.2. The maximum Gasteiger partial charge on any atom is 0.225 e. The quantitative estimate of drug-likeness (QED) is 0.866. The van der Waals surface area contributed by atoms with Gasteiger partial charge in [-0.25, -0.2) is 9.97 Å². The highest BCUT2D eigenvalue weighted by molar-refractivity contribution is 5.66.